The molecule has 0 radical (unpaired) electrons. The van der Waals surface area contributed by atoms with Crippen LogP contribution in [0.25, 0.3) is 22.0 Å². The van der Waals surface area contributed by atoms with Crippen LogP contribution < -0.4 is 5.73 Å². The van der Waals surface area contributed by atoms with Gasteiger partial charge in [0.25, 0.3) is 0 Å². The Labute approximate surface area is 106 Å². The lowest BCUT2D eigenvalue weighted by Crippen LogP contribution is -1.86. The maximum absolute atomic E-state index is 5.70. The van der Waals surface area contributed by atoms with Crippen molar-refractivity contribution in [3.8, 4) is 11.1 Å². The molecule has 0 fully saturated rings. The molecule has 3 rings (SSSR count). The number of rotatable bonds is 1. The van der Waals surface area contributed by atoms with Gasteiger partial charge in [0, 0.05) is 16.8 Å². The fourth-order valence-corrected chi connectivity index (χ4v) is 2.08. The maximum atomic E-state index is 5.70. The Hall–Kier alpha value is -2.35. The Balaban J connectivity index is 2.13. The van der Waals surface area contributed by atoms with Crippen LogP contribution in [0.3, 0.4) is 0 Å². The molecule has 0 atom stereocenters. The molecule has 0 spiro atoms. The van der Waals surface area contributed by atoms with Gasteiger partial charge in [0.05, 0.1) is 5.52 Å². The predicted octanol–water partition coefficient (Wildman–Crippen LogP) is 3.79. The van der Waals surface area contributed by atoms with E-state index in [1.54, 1.807) is 0 Å². The quantitative estimate of drug-likeness (QED) is 0.650. The molecule has 0 aliphatic heterocycles. The molecule has 88 valence electrons. The molecular formula is C16H14N2. The Bertz CT molecular complexity index is 700. The van der Waals surface area contributed by atoms with Crippen molar-refractivity contribution in [1.82, 2.24) is 4.98 Å². The minimum atomic E-state index is 0.789. The molecule has 0 unspecified atom stereocenters. The second-order valence-electron chi connectivity index (χ2n) is 4.48. The molecule has 2 N–H and O–H groups in total. The van der Waals surface area contributed by atoms with Crippen LogP contribution in [0.4, 0.5) is 5.69 Å². The van der Waals surface area contributed by atoms with Crippen molar-refractivity contribution in [1.29, 1.82) is 0 Å². The molecule has 18 heavy (non-hydrogen) atoms. The monoisotopic (exact) mass is 234 g/mol. The highest BCUT2D eigenvalue weighted by Gasteiger charge is 2.00. The van der Waals surface area contributed by atoms with Gasteiger partial charge >= 0.3 is 0 Å². The number of anilines is 1. The summed E-state index contributed by atoms with van der Waals surface area (Å²) >= 11 is 0. The lowest BCUT2D eigenvalue weighted by molar-refractivity contribution is 1.26. The van der Waals surface area contributed by atoms with Crippen LogP contribution in [0.1, 0.15) is 5.69 Å². The third-order valence-electron chi connectivity index (χ3n) is 3.07. The smallest absolute Gasteiger partial charge is 0.0705 e. The van der Waals surface area contributed by atoms with Crippen LogP contribution in [0.2, 0.25) is 0 Å². The number of benzene rings is 2. The third-order valence-corrected chi connectivity index (χ3v) is 3.07. The van der Waals surface area contributed by atoms with Crippen molar-refractivity contribution < 1.29 is 0 Å². The minimum absolute atomic E-state index is 0.789. The first-order chi connectivity index (χ1) is 8.72. The second kappa shape index (κ2) is 4.15. The van der Waals surface area contributed by atoms with Gasteiger partial charge in [-0.2, -0.15) is 0 Å². The van der Waals surface area contributed by atoms with E-state index in [0.29, 0.717) is 0 Å². The summed E-state index contributed by atoms with van der Waals surface area (Å²) in [6.45, 7) is 2.01. The average Bonchev–Trinajstić information content (AvgIpc) is 2.39. The summed E-state index contributed by atoms with van der Waals surface area (Å²) in [5.74, 6) is 0. The Morgan fingerprint density at radius 1 is 0.833 bits per heavy atom. The van der Waals surface area contributed by atoms with Crippen LogP contribution in [-0.4, -0.2) is 4.98 Å². The highest BCUT2D eigenvalue weighted by molar-refractivity contribution is 5.84. The fraction of sp³-hybridized carbons (Fsp3) is 0.0625. The zero-order valence-corrected chi connectivity index (χ0v) is 10.2. The van der Waals surface area contributed by atoms with Gasteiger partial charge in [-0.3, -0.25) is 4.98 Å². The molecule has 0 amide bonds. The number of hydrogen-bond acceptors (Lipinski definition) is 2. The van der Waals surface area contributed by atoms with Gasteiger partial charge in [0.2, 0.25) is 0 Å². The Morgan fingerprint density at radius 3 is 2.33 bits per heavy atom. The number of nitrogens with zero attached hydrogens (tertiary/aromatic N) is 1. The maximum Gasteiger partial charge on any atom is 0.0705 e. The van der Waals surface area contributed by atoms with Gasteiger partial charge in [-0.15, -0.1) is 0 Å². The van der Waals surface area contributed by atoms with Crippen LogP contribution in [0.15, 0.2) is 54.6 Å². The number of hydrogen-bond donors (Lipinski definition) is 1. The topological polar surface area (TPSA) is 38.9 Å². The van der Waals surface area contributed by atoms with Gasteiger partial charge in [-0.1, -0.05) is 24.3 Å². The SMILES string of the molecule is Cc1ccc2cc(-c3ccc(N)cc3)ccc2n1. The van der Waals surface area contributed by atoms with Crippen LogP contribution in [0, 0.1) is 6.92 Å². The molecule has 0 saturated heterocycles. The molecule has 2 nitrogen and oxygen atoms in total. The number of nitrogen functional groups attached to an aromatic ring is 1. The van der Waals surface area contributed by atoms with E-state index >= 15 is 0 Å². The molecule has 2 heteroatoms. The highest BCUT2D eigenvalue weighted by atomic mass is 14.7. The first-order valence-corrected chi connectivity index (χ1v) is 5.96. The molecule has 2 aromatic carbocycles. The molecule has 0 aliphatic carbocycles. The van der Waals surface area contributed by atoms with Gasteiger partial charge in [-0.05, 0) is 48.4 Å². The van der Waals surface area contributed by atoms with Gasteiger partial charge in [0.15, 0.2) is 0 Å². The van der Waals surface area contributed by atoms with E-state index in [-0.39, 0.29) is 0 Å². The lowest BCUT2D eigenvalue weighted by atomic mass is 10.0. The van der Waals surface area contributed by atoms with Crippen molar-refractivity contribution in [2.75, 3.05) is 5.73 Å². The van der Waals surface area contributed by atoms with Crippen molar-refractivity contribution in [2.45, 2.75) is 6.92 Å². The first-order valence-electron chi connectivity index (χ1n) is 5.96. The standard InChI is InChI=1S/C16H14N2/c1-11-2-3-14-10-13(6-9-16(14)18-11)12-4-7-15(17)8-5-12/h2-10H,17H2,1H3. The van der Waals surface area contributed by atoms with E-state index in [9.17, 15) is 0 Å². The molecule has 0 aliphatic rings. The number of nitrogens with two attached hydrogens (primary N) is 1. The van der Waals surface area contributed by atoms with Crippen molar-refractivity contribution >= 4 is 16.6 Å². The first kappa shape index (κ1) is 10.8. The molecule has 3 aromatic rings. The van der Waals surface area contributed by atoms with Crippen LogP contribution in [-0.2, 0) is 0 Å². The van der Waals surface area contributed by atoms with Crippen LogP contribution in [0.5, 0.6) is 0 Å². The molecule has 1 heterocycles. The lowest BCUT2D eigenvalue weighted by Gasteiger charge is -2.05. The van der Waals surface area contributed by atoms with Gasteiger partial charge in [0.1, 0.15) is 0 Å². The summed E-state index contributed by atoms with van der Waals surface area (Å²) in [5.41, 5.74) is 10.9. The van der Waals surface area contributed by atoms with Crippen molar-refractivity contribution in [3.05, 3.63) is 60.3 Å². The van der Waals surface area contributed by atoms with E-state index in [2.05, 4.69) is 29.2 Å². The zero-order valence-electron chi connectivity index (χ0n) is 10.2. The zero-order chi connectivity index (χ0) is 12.5. The summed E-state index contributed by atoms with van der Waals surface area (Å²) in [7, 11) is 0. The number of aryl methyl sites for hydroxylation is 1. The van der Waals surface area contributed by atoms with Crippen LogP contribution >= 0.6 is 0 Å². The summed E-state index contributed by atoms with van der Waals surface area (Å²) in [5, 5.41) is 1.16. The van der Waals surface area contributed by atoms with Gasteiger partial charge < -0.3 is 5.73 Å². The molecule has 0 saturated carbocycles. The summed E-state index contributed by atoms with van der Waals surface area (Å²) in [6, 6.07) is 18.4. The number of aromatic nitrogens is 1. The largest absolute Gasteiger partial charge is 0.399 e. The third kappa shape index (κ3) is 1.93. The fourth-order valence-electron chi connectivity index (χ4n) is 2.08. The summed E-state index contributed by atoms with van der Waals surface area (Å²) in [4.78, 5) is 4.50. The predicted molar refractivity (Wildman–Crippen MR) is 76.3 cm³/mol. The van der Waals surface area contributed by atoms with E-state index in [1.807, 2.05) is 37.3 Å². The normalized spacial score (nSPS) is 10.7. The van der Waals surface area contributed by atoms with Gasteiger partial charge in [-0.25, -0.2) is 0 Å². The Kier molecular flexibility index (Phi) is 2.49. The Morgan fingerprint density at radius 2 is 1.56 bits per heavy atom. The molecule has 0 bridgehead atoms. The van der Waals surface area contributed by atoms with E-state index < -0.39 is 0 Å². The van der Waals surface area contributed by atoms with E-state index in [0.717, 1.165) is 22.3 Å². The summed E-state index contributed by atoms with van der Waals surface area (Å²) < 4.78 is 0. The van der Waals surface area contributed by atoms with Crippen molar-refractivity contribution in [2.24, 2.45) is 0 Å². The van der Waals surface area contributed by atoms with E-state index in [1.165, 1.54) is 11.1 Å². The van der Waals surface area contributed by atoms with Crippen molar-refractivity contribution in [3.63, 3.8) is 0 Å². The second-order valence-corrected chi connectivity index (χ2v) is 4.48. The average molecular weight is 234 g/mol. The molecular weight excluding hydrogens is 220 g/mol. The highest BCUT2D eigenvalue weighted by Crippen LogP contribution is 2.24. The molecule has 1 aromatic heterocycles. The number of fused-ring (bicyclic) bond motifs is 1. The minimum Gasteiger partial charge on any atom is -0.399 e. The summed E-state index contributed by atoms with van der Waals surface area (Å²) in [6.07, 6.45) is 0. The van der Waals surface area contributed by atoms with E-state index in [4.69, 9.17) is 5.73 Å². The number of pyridine rings is 1.